The lowest BCUT2D eigenvalue weighted by Gasteiger charge is -2.18. The van der Waals surface area contributed by atoms with Gasteiger partial charge in [-0.25, -0.2) is 4.39 Å². The zero-order valence-corrected chi connectivity index (χ0v) is 11.8. The summed E-state index contributed by atoms with van der Waals surface area (Å²) >= 11 is 1.58. The molecule has 1 aromatic carbocycles. The second-order valence-electron chi connectivity index (χ2n) is 4.82. The first kappa shape index (κ1) is 13.6. The number of nitrogens with one attached hydrogen (secondary N) is 1. The average Bonchev–Trinajstić information content (AvgIpc) is 2.97. The van der Waals surface area contributed by atoms with Gasteiger partial charge in [-0.1, -0.05) is 5.16 Å². The van der Waals surface area contributed by atoms with Crippen LogP contribution in [-0.4, -0.2) is 23.2 Å². The summed E-state index contributed by atoms with van der Waals surface area (Å²) in [6.07, 6.45) is 2.10. The standard InChI is InChI=1S/C14H16FN3OS/c15-11-1-3-12(4-2-11)20-9-13-17-14(19-18-13)10-5-7-16-8-6-10/h1-4,10,16H,5-9H2. The Bertz CT molecular complexity index is 552. The monoisotopic (exact) mass is 293 g/mol. The molecule has 6 heteroatoms. The first-order valence-electron chi connectivity index (χ1n) is 6.73. The van der Waals surface area contributed by atoms with Crippen LogP contribution in [0.1, 0.15) is 30.5 Å². The van der Waals surface area contributed by atoms with Crippen LogP contribution in [0.4, 0.5) is 4.39 Å². The summed E-state index contributed by atoms with van der Waals surface area (Å²) in [5.41, 5.74) is 0. The van der Waals surface area contributed by atoms with Crippen molar-refractivity contribution < 1.29 is 8.91 Å². The van der Waals surface area contributed by atoms with E-state index >= 15 is 0 Å². The minimum atomic E-state index is -0.220. The SMILES string of the molecule is Fc1ccc(SCc2noc(C3CCNCC3)n2)cc1. The Kier molecular flexibility index (Phi) is 4.32. The lowest BCUT2D eigenvalue weighted by atomic mass is 9.98. The minimum absolute atomic E-state index is 0.220. The van der Waals surface area contributed by atoms with Gasteiger partial charge in [0.1, 0.15) is 5.82 Å². The number of rotatable bonds is 4. The van der Waals surface area contributed by atoms with Gasteiger partial charge in [-0.2, -0.15) is 4.98 Å². The van der Waals surface area contributed by atoms with E-state index < -0.39 is 0 Å². The van der Waals surface area contributed by atoms with Crippen LogP contribution < -0.4 is 5.32 Å². The first-order valence-corrected chi connectivity index (χ1v) is 7.71. The molecule has 1 saturated heterocycles. The molecule has 106 valence electrons. The molecule has 2 aromatic rings. The molecule has 0 spiro atoms. The fourth-order valence-electron chi connectivity index (χ4n) is 2.24. The van der Waals surface area contributed by atoms with E-state index in [1.165, 1.54) is 12.1 Å². The van der Waals surface area contributed by atoms with Crippen LogP contribution in [0.25, 0.3) is 0 Å². The second kappa shape index (κ2) is 6.37. The third-order valence-corrected chi connectivity index (χ3v) is 4.36. The summed E-state index contributed by atoms with van der Waals surface area (Å²) in [6.45, 7) is 2.01. The van der Waals surface area contributed by atoms with Crippen molar-refractivity contribution in [3.63, 3.8) is 0 Å². The summed E-state index contributed by atoms with van der Waals surface area (Å²) in [5, 5.41) is 7.34. The Morgan fingerprint density at radius 3 is 2.75 bits per heavy atom. The Morgan fingerprint density at radius 1 is 1.25 bits per heavy atom. The Hall–Kier alpha value is -1.40. The van der Waals surface area contributed by atoms with E-state index in [0.29, 0.717) is 17.5 Å². The van der Waals surface area contributed by atoms with Crippen LogP contribution in [0.3, 0.4) is 0 Å². The Balaban J connectivity index is 1.58. The molecular weight excluding hydrogens is 277 g/mol. The molecule has 2 heterocycles. The number of benzene rings is 1. The zero-order valence-electron chi connectivity index (χ0n) is 11.0. The smallest absolute Gasteiger partial charge is 0.229 e. The highest BCUT2D eigenvalue weighted by Gasteiger charge is 2.21. The molecule has 0 saturated carbocycles. The van der Waals surface area contributed by atoms with Crippen LogP contribution in [-0.2, 0) is 5.75 Å². The van der Waals surface area contributed by atoms with Crippen molar-refractivity contribution in [1.29, 1.82) is 0 Å². The zero-order chi connectivity index (χ0) is 13.8. The number of hydrogen-bond acceptors (Lipinski definition) is 5. The van der Waals surface area contributed by atoms with Crippen molar-refractivity contribution in [1.82, 2.24) is 15.5 Å². The van der Waals surface area contributed by atoms with E-state index in [1.54, 1.807) is 23.9 Å². The number of thioether (sulfide) groups is 1. The largest absolute Gasteiger partial charge is 0.339 e. The molecule has 4 nitrogen and oxygen atoms in total. The lowest BCUT2D eigenvalue weighted by molar-refractivity contribution is 0.319. The van der Waals surface area contributed by atoms with E-state index in [1.807, 2.05) is 0 Å². The van der Waals surface area contributed by atoms with Crippen molar-refractivity contribution in [2.75, 3.05) is 13.1 Å². The maximum atomic E-state index is 12.8. The number of hydrogen-bond donors (Lipinski definition) is 1. The van der Waals surface area contributed by atoms with Gasteiger partial charge in [0.15, 0.2) is 5.82 Å². The van der Waals surface area contributed by atoms with Gasteiger partial charge < -0.3 is 9.84 Å². The van der Waals surface area contributed by atoms with Gasteiger partial charge in [-0.05, 0) is 50.2 Å². The van der Waals surface area contributed by atoms with Crippen LogP contribution in [0, 0.1) is 5.82 Å². The van der Waals surface area contributed by atoms with E-state index in [4.69, 9.17) is 4.52 Å². The predicted octanol–water partition coefficient (Wildman–Crippen LogP) is 2.97. The summed E-state index contributed by atoms with van der Waals surface area (Å²) < 4.78 is 18.2. The molecule has 0 atom stereocenters. The molecule has 0 amide bonds. The van der Waals surface area contributed by atoms with Gasteiger partial charge in [-0.15, -0.1) is 11.8 Å². The third kappa shape index (κ3) is 3.37. The molecule has 0 aliphatic carbocycles. The van der Waals surface area contributed by atoms with E-state index in [2.05, 4.69) is 15.5 Å². The molecule has 1 aliphatic heterocycles. The van der Waals surface area contributed by atoms with E-state index in [-0.39, 0.29) is 5.82 Å². The molecule has 0 bridgehead atoms. The van der Waals surface area contributed by atoms with Crippen molar-refractivity contribution >= 4 is 11.8 Å². The Morgan fingerprint density at radius 2 is 2.00 bits per heavy atom. The van der Waals surface area contributed by atoms with E-state index in [9.17, 15) is 4.39 Å². The van der Waals surface area contributed by atoms with Gasteiger partial charge in [0.05, 0.1) is 5.75 Å². The Labute approximate surface area is 121 Å². The highest BCUT2D eigenvalue weighted by Crippen LogP contribution is 2.26. The molecule has 0 unspecified atom stereocenters. The van der Waals surface area contributed by atoms with Crippen molar-refractivity contribution in [3.05, 3.63) is 41.8 Å². The van der Waals surface area contributed by atoms with Crippen LogP contribution in [0.15, 0.2) is 33.7 Å². The molecule has 20 heavy (non-hydrogen) atoms. The number of aromatic nitrogens is 2. The molecular formula is C14H16FN3OS. The number of nitrogens with zero attached hydrogens (tertiary/aromatic N) is 2. The number of piperidine rings is 1. The summed E-state index contributed by atoms with van der Waals surface area (Å²) in [6, 6.07) is 6.43. The topological polar surface area (TPSA) is 51.0 Å². The lowest BCUT2D eigenvalue weighted by Crippen LogP contribution is -2.26. The maximum absolute atomic E-state index is 12.8. The van der Waals surface area contributed by atoms with Crippen LogP contribution in [0.2, 0.25) is 0 Å². The first-order chi connectivity index (χ1) is 9.81. The predicted molar refractivity (Wildman–Crippen MR) is 75.1 cm³/mol. The quantitative estimate of drug-likeness (QED) is 0.878. The molecule has 1 fully saturated rings. The molecule has 1 aromatic heterocycles. The summed E-state index contributed by atoms with van der Waals surface area (Å²) in [4.78, 5) is 5.47. The van der Waals surface area contributed by atoms with Gasteiger partial charge in [0, 0.05) is 10.8 Å². The third-order valence-electron chi connectivity index (χ3n) is 3.35. The van der Waals surface area contributed by atoms with Crippen molar-refractivity contribution in [2.45, 2.75) is 29.4 Å². The summed E-state index contributed by atoms with van der Waals surface area (Å²) in [5.74, 6) is 2.25. The minimum Gasteiger partial charge on any atom is -0.339 e. The normalized spacial score (nSPS) is 16.4. The van der Waals surface area contributed by atoms with E-state index in [0.717, 1.165) is 36.7 Å². The highest BCUT2D eigenvalue weighted by molar-refractivity contribution is 7.98. The van der Waals surface area contributed by atoms with Gasteiger partial charge in [0.2, 0.25) is 5.89 Å². The average molecular weight is 293 g/mol. The second-order valence-corrected chi connectivity index (χ2v) is 5.86. The molecule has 1 aliphatic rings. The van der Waals surface area contributed by atoms with Crippen LogP contribution >= 0.6 is 11.8 Å². The fraction of sp³-hybridized carbons (Fsp3) is 0.429. The van der Waals surface area contributed by atoms with Crippen molar-refractivity contribution in [3.8, 4) is 0 Å². The molecule has 3 rings (SSSR count). The molecule has 0 radical (unpaired) electrons. The van der Waals surface area contributed by atoms with Gasteiger partial charge in [-0.3, -0.25) is 0 Å². The van der Waals surface area contributed by atoms with Gasteiger partial charge in [0.25, 0.3) is 0 Å². The number of halogens is 1. The van der Waals surface area contributed by atoms with Crippen molar-refractivity contribution in [2.24, 2.45) is 0 Å². The highest BCUT2D eigenvalue weighted by atomic mass is 32.2. The fourth-order valence-corrected chi connectivity index (χ4v) is 2.98. The van der Waals surface area contributed by atoms with Gasteiger partial charge >= 0.3 is 0 Å². The summed E-state index contributed by atoms with van der Waals surface area (Å²) in [7, 11) is 0. The maximum Gasteiger partial charge on any atom is 0.229 e. The van der Waals surface area contributed by atoms with Crippen LogP contribution in [0.5, 0.6) is 0 Å². The molecule has 1 N–H and O–H groups in total.